The molecule has 1 fully saturated rings. The molecule has 1 atom stereocenters. The van der Waals surface area contributed by atoms with Crippen LogP contribution in [0.3, 0.4) is 0 Å². The number of H-pyrrole nitrogens is 1. The lowest BCUT2D eigenvalue weighted by atomic mass is 10.1. The van der Waals surface area contributed by atoms with Crippen molar-refractivity contribution in [3.05, 3.63) is 48.2 Å². The minimum absolute atomic E-state index is 0.200. The first-order chi connectivity index (χ1) is 15.6. The van der Waals surface area contributed by atoms with Gasteiger partial charge in [-0.25, -0.2) is 9.97 Å². The predicted molar refractivity (Wildman–Crippen MR) is 127 cm³/mol. The van der Waals surface area contributed by atoms with Gasteiger partial charge in [0.05, 0.1) is 48.8 Å². The summed E-state index contributed by atoms with van der Waals surface area (Å²) in [6, 6.07) is 8.50. The van der Waals surface area contributed by atoms with Gasteiger partial charge >= 0.3 is 0 Å². The number of anilines is 5. The van der Waals surface area contributed by atoms with E-state index >= 15 is 0 Å². The number of aromatic amines is 1. The van der Waals surface area contributed by atoms with E-state index in [2.05, 4.69) is 42.2 Å². The maximum Gasteiger partial charge on any atom is 0.229 e. The number of aliphatic hydroxyl groups is 1. The van der Waals surface area contributed by atoms with Crippen molar-refractivity contribution in [3.63, 3.8) is 0 Å². The SMILES string of the molecule is CN(C)c1cnc(Nc2ccc(N3CCC[C@@H]3CO)cc2)nc1N1CCc2nc[nH]c2C1. The highest BCUT2D eigenvalue weighted by Crippen LogP contribution is 2.31. The normalized spacial score (nSPS) is 18.0. The van der Waals surface area contributed by atoms with Gasteiger partial charge in [0.25, 0.3) is 0 Å². The fraction of sp³-hybridized carbons (Fsp3) is 0.435. The van der Waals surface area contributed by atoms with E-state index in [0.717, 1.165) is 73.2 Å². The molecule has 3 aromatic rings. The summed E-state index contributed by atoms with van der Waals surface area (Å²) in [6.45, 7) is 2.81. The molecule has 0 radical (unpaired) electrons. The van der Waals surface area contributed by atoms with Gasteiger partial charge in [-0.3, -0.25) is 0 Å². The second-order valence-corrected chi connectivity index (χ2v) is 8.64. The van der Waals surface area contributed by atoms with Crippen LogP contribution in [0.25, 0.3) is 0 Å². The Morgan fingerprint density at radius 3 is 2.81 bits per heavy atom. The monoisotopic (exact) mass is 434 g/mol. The van der Waals surface area contributed by atoms with E-state index < -0.39 is 0 Å². The van der Waals surface area contributed by atoms with Crippen molar-refractivity contribution >= 4 is 28.8 Å². The molecule has 5 rings (SSSR count). The van der Waals surface area contributed by atoms with Crippen molar-refractivity contribution in [2.75, 3.05) is 53.8 Å². The number of nitrogens with one attached hydrogen (secondary N) is 2. The lowest BCUT2D eigenvalue weighted by molar-refractivity contribution is 0.266. The molecule has 32 heavy (non-hydrogen) atoms. The van der Waals surface area contributed by atoms with Gasteiger partial charge in [-0.05, 0) is 37.1 Å². The topological polar surface area (TPSA) is 96.4 Å². The van der Waals surface area contributed by atoms with Crippen LogP contribution in [-0.2, 0) is 13.0 Å². The molecule has 0 spiro atoms. The molecule has 9 heteroatoms. The van der Waals surface area contributed by atoms with Crippen molar-refractivity contribution in [2.45, 2.75) is 31.8 Å². The largest absolute Gasteiger partial charge is 0.394 e. The fourth-order valence-corrected chi connectivity index (χ4v) is 4.60. The third-order valence-electron chi connectivity index (χ3n) is 6.35. The van der Waals surface area contributed by atoms with Gasteiger partial charge in [-0.1, -0.05) is 0 Å². The third-order valence-corrected chi connectivity index (χ3v) is 6.35. The maximum atomic E-state index is 9.60. The Bertz CT molecular complexity index is 1060. The molecule has 9 nitrogen and oxygen atoms in total. The number of aliphatic hydroxyl groups excluding tert-OH is 1. The van der Waals surface area contributed by atoms with Crippen LogP contribution in [0.15, 0.2) is 36.8 Å². The van der Waals surface area contributed by atoms with Crippen LogP contribution in [-0.4, -0.2) is 64.9 Å². The Morgan fingerprint density at radius 2 is 2.03 bits per heavy atom. The van der Waals surface area contributed by atoms with E-state index in [1.165, 1.54) is 0 Å². The molecule has 2 aliphatic rings. The number of rotatable bonds is 6. The van der Waals surface area contributed by atoms with Crippen molar-refractivity contribution in [2.24, 2.45) is 0 Å². The number of fused-ring (bicyclic) bond motifs is 1. The van der Waals surface area contributed by atoms with Crippen LogP contribution in [0.4, 0.5) is 28.8 Å². The summed E-state index contributed by atoms with van der Waals surface area (Å²) >= 11 is 0. The summed E-state index contributed by atoms with van der Waals surface area (Å²) in [6.07, 6.45) is 6.70. The summed E-state index contributed by atoms with van der Waals surface area (Å²) in [5, 5.41) is 13.0. The number of imidazole rings is 1. The molecule has 2 aromatic heterocycles. The number of nitrogens with zero attached hydrogens (tertiary/aromatic N) is 6. The third kappa shape index (κ3) is 3.95. The van der Waals surface area contributed by atoms with Crippen LogP contribution in [0.2, 0.25) is 0 Å². The maximum absolute atomic E-state index is 9.60. The quantitative estimate of drug-likeness (QED) is 0.545. The Balaban J connectivity index is 1.36. The second kappa shape index (κ2) is 8.66. The first kappa shape index (κ1) is 20.6. The van der Waals surface area contributed by atoms with Gasteiger partial charge in [0, 0.05) is 45.0 Å². The highest BCUT2D eigenvalue weighted by Gasteiger charge is 2.25. The minimum atomic E-state index is 0.200. The number of benzene rings is 1. The molecule has 1 aromatic carbocycles. The summed E-state index contributed by atoms with van der Waals surface area (Å²) in [5.41, 5.74) is 5.35. The van der Waals surface area contributed by atoms with Crippen molar-refractivity contribution in [1.82, 2.24) is 19.9 Å². The molecule has 1 saturated heterocycles. The van der Waals surface area contributed by atoms with Crippen LogP contribution >= 0.6 is 0 Å². The van der Waals surface area contributed by atoms with Crippen molar-refractivity contribution in [1.29, 1.82) is 0 Å². The van der Waals surface area contributed by atoms with Crippen molar-refractivity contribution < 1.29 is 5.11 Å². The van der Waals surface area contributed by atoms with Gasteiger partial charge in [-0.15, -0.1) is 0 Å². The molecular weight excluding hydrogens is 404 g/mol. The summed E-state index contributed by atoms with van der Waals surface area (Å²) in [5.74, 6) is 1.48. The first-order valence-corrected chi connectivity index (χ1v) is 11.2. The van der Waals surface area contributed by atoms with Gasteiger partial charge in [0.15, 0.2) is 5.82 Å². The Morgan fingerprint density at radius 1 is 1.19 bits per heavy atom. The van der Waals surface area contributed by atoms with Gasteiger partial charge < -0.3 is 30.1 Å². The highest BCUT2D eigenvalue weighted by molar-refractivity contribution is 5.69. The Kier molecular flexibility index (Phi) is 5.57. The Hall–Kier alpha value is -3.33. The molecule has 0 bridgehead atoms. The average Bonchev–Trinajstić information content (AvgIpc) is 3.48. The van der Waals surface area contributed by atoms with E-state index in [0.29, 0.717) is 5.95 Å². The molecule has 0 amide bonds. The van der Waals surface area contributed by atoms with E-state index in [1.54, 1.807) is 6.33 Å². The zero-order valence-corrected chi connectivity index (χ0v) is 18.6. The van der Waals surface area contributed by atoms with E-state index in [-0.39, 0.29) is 12.6 Å². The number of hydrogen-bond donors (Lipinski definition) is 3. The second-order valence-electron chi connectivity index (χ2n) is 8.64. The van der Waals surface area contributed by atoms with Gasteiger partial charge in [0.2, 0.25) is 5.95 Å². The average molecular weight is 435 g/mol. The molecule has 0 aliphatic carbocycles. The minimum Gasteiger partial charge on any atom is -0.394 e. The zero-order valence-electron chi connectivity index (χ0n) is 18.6. The molecule has 3 N–H and O–H groups in total. The van der Waals surface area contributed by atoms with Crippen LogP contribution in [0.5, 0.6) is 0 Å². The first-order valence-electron chi connectivity index (χ1n) is 11.2. The predicted octanol–water partition coefficient (Wildman–Crippen LogP) is 2.53. The van der Waals surface area contributed by atoms with Crippen LogP contribution < -0.4 is 20.0 Å². The lowest BCUT2D eigenvalue weighted by Crippen LogP contribution is -2.32. The van der Waals surface area contributed by atoms with Gasteiger partial charge in [-0.2, -0.15) is 4.98 Å². The fourth-order valence-electron chi connectivity index (χ4n) is 4.60. The van der Waals surface area contributed by atoms with Crippen molar-refractivity contribution in [3.8, 4) is 0 Å². The van der Waals surface area contributed by atoms with E-state index in [1.807, 2.05) is 37.3 Å². The lowest BCUT2D eigenvalue weighted by Gasteiger charge is -2.30. The molecular formula is C23H30N8O. The highest BCUT2D eigenvalue weighted by atomic mass is 16.3. The number of hydrogen-bond acceptors (Lipinski definition) is 8. The molecule has 0 unspecified atom stereocenters. The summed E-state index contributed by atoms with van der Waals surface area (Å²) < 4.78 is 0. The standard InChI is InChI=1S/C23H30N8O/c1-29(2)21-12-24-23(28-22(21)30-11-9-19-20(13-30)26-15-25-19)27-16-5-7-17(8-6-16)31-10-3-4-18(31)14-32/h5-8,12,15,18,32H,3-4,9-11,13-14H2,1-2H3,(H,25,26)(H,24,27,28)/t18-/m1/s1. The summed E-state index contributed by atoms with van der Waals surface area (Å²) in [4.78, 5) is 23.7. The number of aromatic nitrogens is 4. The molecule has 2 aliphatic heterocycles. The zero-order chi connectivity index (χ0) is 22.1. The molecule has 168 valence electrons. The van der Waals surface area contributed by atoms with Crippen LogP contribution in [0.1, 0.15) is 24.2 Å². The molecule has 0 saturated carbocycles. The summed E-state index contributed by atoms with van der Waals surface area (Å²) in [7, 11) is 4.02. The molecule has 4 heterocycles. The van der Waals surface area contributed by atoms with E-state index in [4.69, 9.17) is 4.98 Å². The smallest absolute Gasteiger partial charge is 0.229 e. The van der Waals surface area contributed by atoms with Crippen LogP contribution in [0, 0.1) is 0 Å². The van der Waals surface area contributed by atoms with E-state index in [9.17, 15) is 5.11 Å². The van der Waals surface area contributed by atoms with Gasteiger partial charge in [0.1, 0.15) is 0 Å². The Labute approximate surface area is 188 Å².